The molecule has 138 valence electrons. The van der Waals surface area contributed by atoms with E-state index in [-0.39, 0.29) is 18.6 Å². The molecule has 1 aromatic carbocycles. The van der Waals surface area contributed by atoms with E-state index in [2.05, 4.69) is 10.1 Å². The number of anilines is 1. The van der Waals surface area contributed by atoms with E-state index in [1.807, 2.05) is 38.1 Å². The molecule has 1 amide bonds. The summed E-state index contributed by atoms with van der Waals surface area (Å²) in [5, 5.41) is 4.51. The zero-order valence-corrected chi connectivity index (χ0v) is 15.1. The van der Waals surface area contributed by atoms with Crippen LogP contribution in [0.3, 0.4) is 0 Å². The molecule has 2 aromatic heterocycles. The number of pyridine rings is 1. The Labute approximate surface area is 156 Å². The van der Waals surface area contributed by atoms with E-state index in [0.717, 1.165) is 17.4 Å². The van der Waals surface area contributed by atoms with E-state index in [9.17, 15) is 9.18 Å². The van der Waals surface area contributed by atoms with E-state index < -0.39 is 5.82 Å². The molecule has 27 heavy (non-hydrogen) atoms. The predicted octanol–water partition coefficient (Wildman–Crippen LogP) is 3.53. The molecule has 0 N–H and O–H groups in total. The Morgan fingerprint density at radius 1 is 1.26 bits per heavy atom. The Hall–Kier alpha value is -3.22. The van der Waals surface area contributed by atoms with E-state index in [4.69, 9.17) is 4.74 Å². The first-order chi connectivity index (χ1) is 13.0. The predicted molar refractivity (Wildman–Crippen MR) is 98.3 cm³/mol. The molecule has 3 aromatic rings. The average molecular weight is 366 g/mol. The zero-order chi connectivity index (χ0) is 19.0. The Kier molecular flexibility index (Phi) is 4.35. The topological polar surface area (TPSA) is 60.3 Å². The molecular formula is C20H19FN4O2. The van der Waals surface area contributed by atoms with Gasteiger partial charge >= 0.3 is 0 Å². The molecule has 0 saturated carbocycles. The summed E-state index contributed by atoms with van der Waals surface area (Å²) in [6, 6.07) is 12.4. The van der Waals surface area contributed by atoms with E-state index in [1.54, 1.807) is 15.6 Å². The second-order valence-corrected chi connectivity index (χ2v) is 6.62. The van der Waals surface area contributed by atoms with Crippen LogP contribution in [0.5, 0.6) is 5.88 Å². The summed E-state index contributed by atoms with van der Waals surface area (Å²) in [6.45, 7) is 4.73. The lowest BCUT2D eigenvalue weighted by Gasteiger charge is -2.32. The number of para-hydroxylation sites is 1. The fourth-order valence-electron chi connectivity index (χ4n) is 3.24. The van der Waals surface area contributed by atoms with Gasteiger partial charge in [0, 0.05) is 18.3 Å². The number of halogens is 1. The van der Waals surface area contributed by atoms with Gasteiger partial charge in [-0.25, -0.2) is 9.37 Å². The van der Waals surface area contributed by atoms with Crippen LogP contribution in [0, 0.1) is 12.7 Å². The second-order valence-electron chi connectivity index (χ2n) is 6.62. The monoisotopic (exact) mass is 366 g/mol. The van der Waals surface area contributed by atoms with Crippen molar-refractivity contribution in [3.63, 3.8) is 0 Å². The summed E-state index contributed by atoms with van der Waals surface area (Å²) in [4.78, 5) is 18.7. The molecule has 0 spiro atoms. The van der Waals surface area contributed by atoms with Crippen molar-refractivity contribution in [3.05, 3.63) is 71.4 Å². The minimum absolute atomic E-state index is 0.0370. The van der Waals surface area contributed by atoms with Crippen LogP contribution in [0.15, 0.2) is 48.7 Å². The number of benzene rings is 1. The quantitative estimate of drug-likeness (QED) is 0.709. The van der Waals surface area contributed by atoms with Crippen molar-refractivity contribution in [2.24, 2.45) is 0 Å². The maximum Gasteiger partial charge on any atom is 0.276 e. The van der Waals surface area contributed by atoms with Gasteiger partial charge in [0.2, 0.25) is 5.88 Å². The first-order valence-corrected chi connectivity index (χ1v) is 8.73. The third-order valence-corrected chi connectivity index (χ3v) is 4.59. The van der Waals surface area contributed by atoms with Crippen LogP contribution in [-0.2, 0) is 6.61 Å². The SMILES string of the molecule is Cc1ccccc1N1C[C@@H](C)n2nc(COc3ccc(F)cn3)cc2C1=O. The third-order valence-electron chi connectivity index (χ3n) is 4.59. The van der Waals surface area contributed by atoms with Crippen LogP contribution in [0.25, 0.3) is 0 Å². The highest BCUT2D eigenvalue weighted by Gasteiger charge is 2.32. The molecule has 0 radical (unpaired) electrons. The number of nitrogens with zero attached hydrogens (tertiary/aromatic N) is 4. The van der Waals surface area contributed by atoms with Gasteiger partial charge in [-0.3, -0.25) is 9.48 Å². The number of amides is 1. The summed E-state index contributed by atoms with van der Waals surface area (Å²) < 4.78 is 20.2. The third kappa shape index (κ3) is 3.28. The van der Waals surface area contributed by atoms with Crippen LogP contribution < -0.4 is 9.64 Å². The minimum atomic E-state index is -0.421. The van der Waals surface area contributed by atoms with E-state index in [1.165, 1.54) is 12.1 Å². The summed E-state index contributed by atoms with van der Waals surface area (Å²) >= 11 is 0. The first-order valence-electron chi connectivity index (χ1n) is 8.73. The number of carbonyl (C=O) groups excluding carboxylic acids is 1. The lowest BCUT2D eigenvalue weighted by atomic mass is 10.1. The van der Waals surface area contributed by atoms with Crippen LogP contribution in [-0.4, -0.2) is 27.2 Å². The number of aromatic nitrogens is 3. The van der Waals surface area contributed by atoms with Gasteiger partial charge in [-0.15, -0.1) is 0 Å². The molecule has 1 aliphatic heterocycles. The van der Waals surface area contributed by atoms with Crippen molar-refractivity contribution < 1.29 is 13.9 Å². The van der Waals surface area contributed by atoms with Crippen LogP contribution in [0.4, 0.5) is 10.1 Å². The normalized spacial score (nSPS) is 16.3. The number of hydrogen-bond acceptors (Lipinski definition) is 4. The molecule has 7 heteroatoms. The fraction of sp³-hybridized carbons (Fsp3) is 0.250. The molecule has 4 rings (SSSR count). The molecule has 0 fully saturated rings. The lowest BCUT2D eigenvalue weighted by molar-refractivity contribution is 0.0953. The molecule has 6 nitrogen and oxygen atoms in total. The molecule has 1 atom stereocenters. The Morgan fingerprint density at radius 3 is 2.81 bits per heavy atom. The highest BCUT2D eigenvalue weighted by atomic mass is 19.1. The van der Waals surface area contributed by atoms with Gasteiger partial charge in [0.15, 0.2) is 0 Å². The summed E-state index contributed by atoms with van der Waals surface area (Å²) in [7, 11) is 0. The molecule has 0 aliphatic carbocycles. The van der Waals surface area contributed by atoms with Gasteiger partial charge in [0.05, 0.1) is 12.2 Å². The molecule has 0 unspecified atom stereocenters. The van der Waals surface area contributed by atoms with Gasteiger partial charge in [0.1, 0.15) is 23.8 Å². The smallest absolute Gasteiger partial charge is 0.276 e. The number of carbonyl (C=O) groups is 1. The molecular weight excluding hydrogens is 347 g/mol. The molecule has 0 saturated heterocycles. The van der Waals surface area contributed by atoms with Crippen LogP contribution in [0.1, 0.15) is 34.7 Å². The molecule has 0 bridgehead atoms. The number of fused-ring (bicyclic) bond motifs is 1. The largest absolute Gasteiger partial charge is 0.471 e. The maximum atomic E-state index is 13.0. The van der Waals surface area contributed by atoms with Gasteiger partial charge in [-0.2, -0.15) is 5.10 Å². The maximum absolute atomic E-state index is 13.0. The zero-order valence-electron chi connectivity index (χ0n) is 15.1. The first kappa shape index (κ1) is 17.2. The van der Waals surface area contributed by atoms with Crippen molar-refractivity contribution in [2.45, 2.75) is 26.5 Å². The fourth-order valence-corrected chi connectivity index (χ4v) is 3.24. The number of hydrogen-bond donors (Lipinski definition) is 0. The summed E-state index contributed by atoms with van der Waals surface area (Å²) in [5.41, 5.74) is 3.12. The minimum Gasteiger partial charge on any atom is -0.471 e. The Morgan fingerprint density at radius 2 is 2.07 bits per heavy atom. The van der Waals surface area contributed by atoms with Gasteiger partial charge in [-0.1, -0.05) is 18.2 Å². The van der Waals surface area contributed by atoms with Crippen molar-refractivity contribution in [2.75, 3.05) is 11.4 Å². The van der Waals surface area contributed by atoms with Crippen molar-refractivity contribution in [1.82, 2.24) is 14.8 Å². The number of ether oxygens (including phenoxy) is 1. The number of aryl methyl sites for hydroxylation is 1. The summed E-state index contributed by atoms with van der Waals surface area (Å²) in [6.07, 6.45) is 1.10. The number of rotatable bonds is 4. The lowest BCUT2D eigenvalue weighted by Crippen LogP contribution is -2.42. The van der Waals surface area contributed by atoms with Gasteiger partial charge < -0.3 is 9.64 Å². The molecule has 3 heterocycles. The Balaban J connectivity index is 1.57. The average Bonchev–Trinajstić information content (AvgIpc) is 3.10. The van der Waals surface area contributed by atoms with Crippen LogP contribution >= 0.6 is 0 Å². The van der Waals surface area contributed by atoms with Crippen LogP contribution in [0.2, 0.25) is 0 Å². The highest BCUT2D eigenvalue weighted by molar-refractivity contribution is 6.06. The van der Waals surface area contributed by atoms with E-state index >= 15 is 0 Å². The van der Waals surface area contributed by atoms with Crippen molar-refractivity contribution in [3.8, 4) is 5.88 Å². The van der Waals surface area contributed by atoms with E-state index in [0.29, 0.717) is 23.8 Å². The van der Waals surface area contributed by atoms with Gasteiger partial charge in [0.25, 0.3) is 5.91 Å². The molecule has 1 aliphatic rings. The summed E-state index contributed by atoms with van der Waals surface area (Å²) in [5.74, 6) is -0.195. The standard InChI is InChI=1S/C20H19FN4O2/c1-13-5-3-4-6-17(13)24-11-14(2)25-18(20(24)26)9-16(23-25)12-27-19-8-7-15(21)10-22-19/h3-10,14H,11-12H2,1-2H3/t14-/m1/s1. The Bertz CT molecular complexity index is 984. The van der Waals surface area contributed by atoms with Crippen molar-refractivity contribution >= 4 is 11.6 Å². The highest BCUT2D eigenvalue weighted by Crippen LogP contribution is 2.28. The van der Waals surface area contributed by atoms with Gasteiger partial charge in [-0.05, 0) is 37.6 Å². The van der Waals surface area contributed by atoms with Crippen molar-refractivity contribution in [1.29, 1.82) is 0 Å². The second kappa shape index (κ2) is 6.83.